The maximum Gasteiger partial charge on any atom is 0.261 e. The number of nitrogens with one attached hydrogen (secondary N) is 1. The van der Waals surface area contributed by atoms with Crippen molar-refractivity contribution < 1.29 is 14.3 Å². The molecule has 2 aromatic heterocycles. The van der Waals surface area contributed by atoms with Gasteiger partial charge >= 0.3 is 0 Å². The molecule has 0 radical (unpaired) electrons. The number of hydrogen-bond donors (Lipinski definition) is 1. The smallest absolute Gasteiger partial charge is 0.261 e. The molecule has 7 heteroatoms. The van der Waals surface area contributed by atoms with E-state index in [1.54, 1.807) is 16.2 Å². The largest absolute Gasteiger partial charge is 0.373 e. The molecule has 116 valence electrons. The molecule has 1 unspecified atom stereocenters. The molecule has 1 saturated heterocycles. The van der Waals surface area contributed by atoms with Crippen molar-refractivity contribution >= 4 is 43.9 Å². The van der Waals surface area contributed by atoms with Crippen molar-refractivity contribution in [1.82, 2.24) is 10.2 Å². The van der Waals surface area contributed by atoms with Crippen molar-refractivity contribution in [2.45, 2.75) is 6.10 Å². The number of thiophene rings is 2. The van der Waals surface area contributed by atoms with Crippen LogP contribution >= 0.6 is 22.7 Å². The third kappa shape index (κ3) is 3.21. The van der Waals surface area contributed by atoms with Crippen LogP contribution in [0.3, 0.4) is 0 Å². The molecule has 1 atom stereocenters. The molecule has 3 heterocycles. The molecular weight excluding hydrogens is 320 g/mol. The van der Waals surface area contributed by atoms with Crippen molar-refractivity contribution in [3.63, 3.8) is 0 Å². The highest BCUT2D eigenvalue weighted by atomic mass is 32.1. The first-order valence-corrected chi connectivity index (χ1v) is 8.65. The first kappa shape index (κ1) is 15.2. The van der Waals surface area contributed by atoms with Gasteiger partial charge in [-0.05, 0) is 23.6 Å². The number of amides is 2. The molecule has 0 bridgehead atoms. The fourth-order valence-electron chi connectivity index (χ4n) is 2.34. The highest BCUT2D eigenvalue weighted by Gasteiger charge is 2.23. The lowest BCUT2D eigenvalue weighted by molar-refractivity contribution is -0.133. The van der Waals surface area contributed by atoms with Crippen molar-refractivity contribution in [3.8, 4) is 0 Å². The summed E-state index contributed by atoms with van der Waals surface area (Å²) in [4.78, 5) is 26.2. The van der Waals surface area contributed by atoms with E-state index in [1.807, 2.05) is 17.5 Å². The van der Waals surface area contributed by atoms with E-state index in [1.165, 1.54) is 17.4 Å². The fraction of sp³-hybridized carbons (Fsp3) is 0.333. The lowest BCUT2D eigenvalue weighted by Crippen LogP contribution is -2.49. The van der Waals surface area contributed by atoms with E-state index in [0.717, 1.165) is 9.40 Å². The Morgan fingerprint density at radius 2 is 2.36 bits per heavy atom. The standard InChI is InChI=1S/C15H16N2O3S2/c1-2-14(18)17-4-5-20-10(9-17)8-16-15(19)13-7-12-11(22-13)3-6-21-12/h2-3,6-7,10H,1,4-5,8-9H2,(H,16,19). The van der Waals surface area contributed by atoms with Gasteiger partial charge in [0.15, 0.2) is 0 Å². The quantitative estimate of drug-likeness (QED) is 0.870. The van der Waals surface area contributed by atoms with E-state index in [-0.39, 0.29) is 17.9 Å². The topological polar surface area (TPSA) is 58.6 Å². The molecular formula is C15H16N2O3S2. The number of hydrogen-bond acceptors (Lipinski definition) is 5. The molecule has 22 heavy (non-hydrogen) atoms. The SMILES string of the molecule is C=CC(=O)N1CCOC(CNC(=O)c2cc3sccc3s2)C1. The minimum absolute atomic E-state index is 0.0934. The number of rotatable bonds is 4. The Morgan fingerprint density at radius 1 is 1.50 bits per heavy atom. The number of nitrogens with zero attached hydrogens (tertiary/aromatic N) is 1. The second-order valence-electron chi connectivity index (χ2n) is 4.95. The first-order chi connectivity index (χ1) is 10.7. The number of morpholine rings is 1. The Morgan fingerprint density at radius 3 is 3.14 bits per heavy atom. The zero-order chi connectivity index (χ0) is 15.5. The van der Waals surface area contributed by atoms with Gasteiger partial charge in [-0.25, -0.2) is 0 Å². The Bertz CT molecular complexity index is 678. The van der Waals surface area contributed by atoms with Crippen LogP contribution in [0.2, 0.25) is 0 Å². The van der Waals surface area contributed by atoms with Gasteiger partial charge in [0, 0.05) is 29.0 Å². The van der Waals surface area contributed by atoms with Crippen LogP contribution in [0.4, 0.5) is 0 Å². The second kappa shape index (κ2) is 6.60. The van der Waals surface area contributed by atoms with Crippen LogP contribution in [0, 0.1) is 0 Å². The van der Waals surface area contributed by atoms with E-state index < -0.39 is 0 Å². The summed E-state index contributed by atoms with van der Waals surface area (Å²) in [5.74, 6) is -0.192. The maximum atomic E-state index is 12.2. The molecule has 2 aromatic rings. The molecule has 1 aliphatic rings. The Kier molecular flexibility index (Phi) is 4.56. The summed E-state index contributed by atoms with van der Waals surface area (Å²) in [6, 6.07) is 3.93. The van der Waals surface area contributed by atoms with E-state index >= 15 is 0 Å². The van der Waals surface area contributed by atoms with Gasteiger partial charge in [0.25, 0.3) is 5.91 Å². The Labute approximate surface area is 136 Å². The number of carbonyl (C=O) groups is 2. The van der Waals surface area contributed by atoms with Gasteiger partial charge < -0.3 is 15.0 Å². The lowest BCUT2D eigenvalue weighted by atomic mass is 10.2. The monoisotopic (exact) mass is 336 g/mol. The molecule has 5 nitrogen and oxygen atoms in total. The summed E-state index contributed by atoms with van der Waals surface area (Å²) in [7, 11) is 0. The summed E-state index contributed by atoms with van der Waals surface area (Å²) in [6.07, 6.45) is 1.13. The van der Waals surface area contributed by atoms with Crippen LogP contribution in [0.1, 0.15) is 9.67 Å². The Hall–Kier alpha value is -1.70. The fourth-order valence-corrected chi connectivity index (χ4v) is 4.37. The minimum atomic E-state index is -0.178. The second-order valence-corrected chi connectivity index (χ2v) is 6.98. The van der Waals surface area contributed by atoms with Crippen LogP contribution in [0.15, 0.2) is 30.2 Å². The third-order valence-electron chi connectivity index (χ3n) is 3.48. The predicted molar refractivity (Wildman–Crippen MR) is 88.6 cm³/mol. The van der Waals surface area contributed by atoms with Gasteiger partial charge in [-0.3, -0.25) is 9.59 Å². The average molecular weight is 336 g/mol. The molecule has 1 N–H and O–H groups in total. The van der Waals surface area contributed by atoms with Crippen molar-refractivity contribution in [2.75, 3.05) is 26.2 Å². The van der Waals surface area contributed by atoms with Crippen LogP contribution in [-0.2, 0) is 9.53 Å². The predicted octanol–water partition coefficient (Wildman–Crippen LogP) is 2.11. The summed E-state index contributed by atoms with van der Waals surface area (Å²) >= 11 is 3.12. The van der Waals surface area contributed by atoms with Crippen LogP contribution in [-0.4, -0.2) is 49.1 Å². The zero-order valence-corrected chi connectivity index (χ0v) is 13.5. The van der Waals surface area contributed by atoms with E-state index in [9.17, 15) is 9.59 Å². The highest BCUT2D eigenvalue weighted by molar-refractivity contribution is 7.27. The van der Waals surface area contributed by atoms with Crippen LogP contribution < -0.4 is 5.32 Å². The summed E-state index contributed by atoms with van der Waals surface area (Å²) in [5.41, 5.74) is 0. The molecule has 0 spiro atoms. The third-order valence-corrected chi connectivity index (χ3v) is 5.57. The number of fused-ring (bicyclic) bond motifs is 1. The lowest BCUT2D eigenvalue weighted by Gasteiger charge is -2.32. The summed E-state index contributed by atoms with van der Waals surface area (Å²) in [5, 5.41) is 4.90. The van der Waals surface area contributed by atoms with Crippen LogP contribution in [0.25, 0.3) is 9.40 Å². The van der Waals surface area contributed by atoms with E-state index in [4.69, 9.17) is 4.74 Å². The molecule has 1 fully saturated rings. The average Bonchev–Trinajstić information content (AvgIpc) is 3.13. The molecule has 0 aliphatic carbocycles. The van der Waals surface area contributed by atoms with Gasteiger partial charge in [0.1, 0.15) is 0 Å². The van der Waals surface area contributed by atoms with E-state index in [0.29, 0.717) is 31.1 Å². The molecule has 0 aromatic carbocycles. The number of carbonyl (C=O) groups excluding carboxylic acids is 2. The minimum Gasteiger partial charge on any atom is -0.373 e. The number of ether oxygens (including phenoxy) is 1. The van der Waals surface area contributed by atoms with Gasteiger partial charge in [-0.1, -0.05) is 6.58 Å². The maximum absolute atomic E-state index is 12.2. The molecule has 1 aliphatic heterocycles. The van der Waals surface area contributed by atoms with Crippen molar-refractivity contribution in [1.29, 1.82) is 0 Å². The normalized spacial score (nSPS) is 18.4. The molecule has 3 rings (SSSR count). The van der Waals surface area contributed by atoms with Crippen LogP contribution in [0.5, 0.6) is 0 Å². The summed E-state index contributed by atoms with van der Waals surface area (Å²) in [6.45, 7) is 5.41. The van der Waals surface area contributed by atoms with Gasteiger partial charge in [-0.2, -0.15) is 0 Å². The summed E-state index contributed by atoms with van der Waals surface area (Å²) < 4.78 is 7.86. The van der Waals surface area contributed by atoms with Gasteiger partial charge in [0.2, 0.25) is 5.91 Å². The zero-order valence-electron chi connectivity index (χ0n) is 11.9. The van der Waals surface area contributed by atoms with E-state index in [2.05, 4.69) is 11.9 Å². The van der Waals surface area contributed by atoms with Gasteiger partial charge in [-0.15, -0.1) is 22.7 Å². The molecule has 0 saturated carbocycles. The Balaban J connectivity index is 1.55. The van der Waals surface area contributed by atoms with Crippen molar-refractivity contribution in [2.24, 2.45) is 0 Å². The molecule has 2 amide bonds. The van der Waals surface area contributed by atoms with Gasteiger partial charge in [0.05, 0.1) is 17.6 Å². The highest BCUT2D eigenvalue weighted by Crippen LogP contribution is 2.29. The van der Waals surface area contributed by atoms with Crippen molar-refractivity contribution in [3.05, 3.63) is 35.0 Å². The first-order valence-electron chi connectivity index (χ1n) is 6.95.